The van der Waals surface area contributed by atoms with Gasteiger partial charge in [0.1, 0.15) is 5.82 Å². The van der Waals surface area contributed by atoms with Crippen molar-refractivity contribution in [2.45, 2.75) is 57.3 Å². The van der Waals surface area contributed by atoms with E-state index in [0.29, 0.717) is 29.3 Å². The van der Waals surface area contributed by atoms with E-state index in [4.69, 9.17) is 0 Å². The van der Waals surface area contributed by atoms with Crippen LogP contribution >= 0.6 is 11.8 Å². The third kappa shape index (κ3) is 4.84. The standard InChI is InChI=1S/C19H26N4OS/c1-13(2)18-20-19(22-21-18)25-12-17(24)23(14(3)16-9-10-16)11-15-7-5-4-6-8-15/h4-8,13-14,16H,9-12H2,1-3H3,(H,20,21,22)/t14-/m0/s1. The van der Waals surface area contributed by atoms with E-state index in [0.717, 1.165) is 5.82 Å². The summed E-state index contributed by atoms with van der Waals surface area (Å²) in [4.78, 5) is 19.3. The van der Waals surface area contributed by atoms with E-state index in [2.05, 4.69) is 48.1 Å². The van der Waals surface area contributed by atoms with Crippen molar-refractivity contribution in [3.63, 3.8) is 0 Å². The van der Waals surface area contributed by atoms with Gasteiger partial charge >= 0.3 is 0 Å². The van der Waals surface area contributed by atoms with Crippen LogP contribution in [0.3, 0.4) is 0 Å². The lowest BCUT2D eigenvalue weighted by atomic mass is 10.1. The minimum absolute atomic E-state index is 0.157. The van der Waals surface area contributed by atoms with Crippen LogP contribution in [0.2, 0.25) is 0 Å². The fourth-order valence-corrected chi connectivity index (χ4v) is 3.55. The average molecular weight is 359 g/mol. The van der Waals surface area contributed by atoms with Gasteiger partial charge < -0.3 is 4.90 Å². The fourth-order valence-electron chi connectivity index (χ4n) is 2.86. The number of hydrogen-bond acceptors (Lipinski definition) is 4. The zero-order chi connectivity index (χ0) is 17.8. The molecule has 1 heterocycles. The summed E-state index contributed by atoms with van der Waals surface area (Å²) in [5.74, 6) is 2.35. The number of carbonyl (C=O) groups excluding carboxylic acids is 1. The molecule has 5 nitrogen and oxygen atoms in total. The summed E-state index contributed by atoms with van der Waals surface area (Å²) >= 11 is 1.41. The average Bonchev–Trinajstić information content (AvgIpc) is 3.35. The molecule has 0 unspecified atom stereocenters. The second kappa shape index (κ2) is 8.04. The quantitative estimate of drug-likeness (QED) is 0.728. The predicted octanol–water partition coefficient (Wildman–Crippen LogP) is 3.85. The molecule has 0 aliphatic heterocycles. The lowest BCUT2D eigenvalue weighted by molar-refractivity contribution is -0.131. The van der Waals surface area contributed by atoms with Crippen molar-refractivity contribution in [2.24, 2.45) is 5.92 Å². The van der Waals surface area contributed by atoms with Crippen molar-refractivity contribution in [3.8, 4) is 0 Å². The molecule has 1 N–H and O–H groups in total. The Hall–Kier alpha value is -1.82. The van der Waals surface area contributed by atoms with Crippen molar-refractivity contribution in [3.05, 3.63) is 41.7 Å². The predicted molar refractivity (Wildman–Crippen MR) is 100 cm³/mol. The molecule has 6 heteroatoms. The zero-order valence-electron chi connectivity index (χ0n) is 15.1. The van der Waals surface area contributed by atoms with Gasteiger partial charge in [-0.15, -0.1) is 5.10 Å². The Labute approximate surface area is 153 Å². The molecule has 134 valence electrons. The summed E-state index contributed by atoms with van der Waals surface area (Å²) in [6, 6.07) is 10.5. The first-order valence-electron chi connectivity index (χ1n) is 8.93. The molecular weight excluding hydrogens is 332 g/mol. The molecule has 1 saturated carbocycles. The Bertz CT molecular complexity index is 696. The topological polar surface area (TPSA) is 61.9 Å². The Balaban J connectivity index is 1.63. The van der Waals surface area contributed by atoms with E-state index < -0.39 is 0 Å². The number of carbonyl (C=O) groups is 1. The molecule has 3 rings (SSSR count). The molecule has 0 saturated heterocycles. The van der Waals surface area contributed by atoms with Gasteiger partial charge in [-0.2, -0.15) is 0 Å². The van der Waals surface area contributed by atoms with Crippen LogP contribution in [-0.4, -0.2) is 37.8 Å². The first-order chi connectivity index (χ1) is 12.0. The molecule has 1 atom stereocenters. The monoisotopic (exact) mass is 358 g/mol. The summed E-state index contributed by atoms with van der Waals surface area (Å²) in [7, 11) is 0. The molecule has 1 aliphatic carbocycles. The molecule has 25 heavy (non-hydrogen) atoms. The molecule has 0 bridgehead atoms. The van der Waals surface area contributed by atoms with Crippen LogP contribution in [0.5, 0.6) is 0 Å². The largest absolute Gasteiger partial charge is 0.335 e. The maximum Gasteiger partial charge on any atom is 0.233 e. The summed E-state index contributed by atoms with van der Waals surface area (Å²) in [6.45, 7) is 6.98. The zero-order valence-corrected chi connectivity index (χ0v) is 15.9. The first kappa shape index (κ1) is 18.0. The molecule has 0 radical (unpaired) electrons. The summed E-state index contributed by atoms with van der Waals surface area (Å²) in [5, 5.41) is 7.79. The van der Waals surface area contributed by atoms with Crippen LogP contribution in [0.25, 0.3) is 0 Å². The van der Waals surface area contributed by atoms with Gasteiger partial charge in [-0.25, -0.2) is 4.98 Å². The Morgan fingerprint density at radius 2 is 2.00 bits per heavy atom. The molecule has 2 aromatic rings. The van der Waals surface area contributed by atoms with Gasteiger partial charge in [-0.05, 0) is 31.2 Å². The molecule has 1 fully saturated rings. The van der Waals surface area contributed by atoms with Crippen molar-refractivity contribution < 1.29 is 4.79 Å². The Morgan fingerprint density at radius 1 is 1.28 bits per heavy atom. The number of amides is 1. The molecule has 1 aliphatic rings. The highest BCUT2D eigenvalue weighted by Gasteiger charge is 2.34. The number of nitrogens with one attached hydrogen (secondary N) is 1. The molecule has 1 aromatic carbocycles. The van der Waals surface area contributed by atoms with Gasteiger partial charge in [0.25, 0.3) is 0 Å². The van der Waals surface area contributed by atoms with Crippen molar-refractivity contribution in [2.75, 3.05) is 5.75 Å². The number of aromatic nitrogens is 3. The van der Waals surface area contributed by atoms with E-state index in [1.165, 1.54) is 30.2 Å². The van der Waals surface area contributed by atoms with E-state index in [-0.39, 0.29) is 11.9 Å². The van der Waals surface area contributed by atoms with Crippen LogP contribution in [0, 0.1) is 5.92 Å². The lowest BCUT2D eigenvalue weighted by Crippen LogP contribution is -2.40. The number of hydrogen-bond donors (Lipinski definition) is 1. The van der Waals surface area contributed by atoms with Crippen molar-refractivity contribution >= 4 is 17.7 Å². The highest BCUT2D eigenvalue weighted by Crippen LogP contribution is 2.36. The van der Waals surface area contributed by atoms with Gasteiger partial charge in [-0.3, -0.25) is 9.89 Å². The van der Waals surface area contributed by atoms with Gasteiger partial charge in [-0.1, -0.05) is 55.9 Å². The van der Waals surface area contributed by atoms with Crippen LogP contribution < -0.4 is 0 Å². The van der Waals surface area contributed by atoms with E-state index >= 15 is 0 Å². The Morgan fingerprint density at radius 3 is 2.60 bits per heavy atom. The van der Waals surface area contributed by atoms with Crippen LogP contribution in [0.15, 0.2) is 35.5 Å². The minimum Gasteiger partial charge on any atom is -0.335 e. The minimum atomic E-state index is 0.157. The number of nitrogens with zero attached hydrogens (tertiary/aromatic N) is 3. The van der Waals surface area contributed by atoms with E-state index in [1.54, 1.807) is 0 Å². The second-order valence-electron chi connectivity index (χ2n) is 7.03. The smallest absolute Gasteiger partial charge is 0.233 e. The number of thioether (sulfide) groups is 1. The fraction of sp³-hybridized carbons (Fsp3) is 0.526. The SMILES string of the molecule is CC(C)c1nc(SCC(=O)N(Cc2ccccc2)[C@@H](C)C2CC2)n[nH]1. The highest BCUT2D eigenvalue weighted by atomic mass is 32.2. The molecular formula is C19H26N4OS. The number of benzene rings is 1. The third-order valence-corrected chi connectivity index (χ3v) is 5.50. The summed E-state index contributed by atoms with van der Waals surface area (Å²) in [5.41, 5.74) is 1.17. The molecule has 1 aromatic heterocycles. The summed E-state index contributed by atoms with van der Waals surface area (Å²) < 4.78 is 0. The van der Waals surface area contributed by atoms with Crippen molar-refractivity contribution in [1.29, 1.82) is 0 Å². The van der Waals surface area contributed by atoms with Crippen LogP contribution in [0.1, 0.15) is 50.9 Å². The van der Waals surface area contributed by atoms with E-state index in [9.17, 15) is 4.79 Å². The van der Waals surface area contributed by atoms with E-state index in [1.807, 2.05) is 23.1 Å². The Kier molecular flexibility index (Phi) is 5.78. The van der Waals surface area contributed by atoms with Gasteiger partial charge in [0.05, 0.1) is 5.75 Å². The highest BCUT2D eigenvalue weighted by molar-refractivity contribution is 7.99. The van der Waals surface area contributed by atoms with Gasteiger partial charge in [0.15, 0.2) is 0 Å². The normalized spacial score (nSPS) is 15.4. The van der Waals surface area contributed by atoms with Crippen molar-refractivity contribution in [1.82, 2.24) is 20.1 Å². The molecule has 1 amide bonds. The molecule has 0 spiro atoms. The van der Waals surface area contributed by atoms with Crippen LogP contribution in [0.4, 0.5) is 0 Å². The van der Waals surface area contributed by atoms with Gasteiger partial charge in [0.2, 0.25) is 11.1 Å². The second-order valence-corrected chi connectivity index (χ2v) is 7.97. The number of H-pyrrole nitrogens is 1. The van der Waals surface area contributed by atoms with Crippen LogP contribution in [-0.2, 0) is 11.3 Å². The summed E-state index contributed by atoms with van der Waals surface area (Å²) in [6.07, 6.45) is 2.46. The number of aromatic amines is 1. The maximum atomic E-state index is 12.9. The number of rotatable bonds is 8. The third-order valence-electron chi connectivity index (χ3n) is 4.67. The lowest BCUT2D eigenvalue weighted by Gasteiger charge is -2.29. The first-order valence-corrected chi connectivity index (χ1v) is 9.91. The maximum absolute atomic E-state index is 12.9. The van der Waals surface area contributed by atoms with Gasteiger partial charge in [0, 0.05) is 18.5 Å².